The first-order valence-electron chi connectivity index (χ1n) is 6.54. The summed E-state index contributed by atoms with van der Waals surface area (Å²) in [6, 6.07) is 9.88. The normalized spacial score (nSPS) is 10.8. The van der Waals surface area contributed by atoms with Crippen molar-refractivity contribution in [3.63, 3.8) is 0 Å². The molecule has 2 heterocycles. The second-order valence-electron chi connectivity index (χ2n) is 4.91. The van der Waals surface area contributed by atoms with E-state index >= 15 is 0 Å². The highest BCUT2D eigenvalue weighted by atomic mass is 19.1. The van der Waals surface area contributed by atoms with Gasteiger partial charge in [0.15, 0.2) is 0 Å². The Kier molecular flexibility index (Phi) is 3.17. The van der Waals surface area contributed by atoms with E-state index in [1.54, 1.807) is 29.9 Å². The lowest BCUT2D eigenvalue weighted by atomic mass is 10.2. The molecule has 0 radical (unpaired) electrons. The zero-order chi connectivity index (χ0) is 15.0. The fourth-order valence-electron chi connectivity index (χ4n) is 2.31. The largest absolute Gasteiger partial charge is 0.340 e. The number of fused-ring (bicyclic) bond motifs is 1. The molecular formula is C16H14FN3O. The van der Waals surface area contributed by atoms with Gasteiger partial charge in [-0.05, 0) is 42.8 Å². The van der Waals surface area contributed by atoms with Gasteiger partial charge in [0, 0.05) is 18.6 Å². The lowest BCUT2D eigenvalue weighted by Gasteiger charge is -2.07. The molecule has 0 fully saturated rings. The standard InChI is InChI=1S/C16H14FN3O/c1-10-4-3-7-18-15(10)19-16(21)14-8-11-5-6-12(17)9-13(11)20(14)2/h3-9H,1-2H3,(H,18,19,21). The molecule has 0 aliphatic carbocycles. The summed E-state index contributed by atoms with van der Waals surface area (Å²) in [5, 5.41) is 3.60. The summed E-state index contributed by atoms with van der Waals surface area (Å²) in [5.41, 5.74) is 2.02. The SMILES string of the molecule is Cc1cccnc1NC(=O)c1cc2ccc(F)cc2n1C. The summed E-state index contributed by atoms with van der Waals surface area (Å²) >= 11 is 0. The van der Waals surface area contributed by atoms with Crippen LogP contribution in [0, 0.1) is 12.7 Å². The van der Waals surface area contributed by atoms with E-state index in [2.05, 4.69) is 10.3 Å². The Morgan fingerprint density at radius 2 is 2.10 bits per heavy atom. The summed E-state index contributed by atoms with van der Waals surface area (Å²) in [6.45, 7) is 1.87. The minimum absolute atomic E-state index is 0.268. The molecule has 0 saturated carbocycles. The minimum Gasteiger partial charge on any atom is -0.340 e. The molecule has 0 aliphatic heterocycles. The van der Waals surface area contributed by atoms with Crippen LogP contribution in [0.2, 0.25) is 0 Å². The van der Waals surface area contributed by atoms with Gasteiger partial charge in [-0.3, -0.25) is 4.79 Å². The van der Waals surface area contributed by atoms with Crippen molar-refractivity contribution in [2.75, 3.05) is 5.32 Å². The first-order valence-corrected chi connectivity index (χ1v) is 6.54. The smallest absolute Gasteiger partial charge is 0.273 e. The van der Waals surface area contributed by atoms with Crippen molar-refractivity contribution < 1.29 is 9.18 Å². The minimum atomic E-state index is -0.323. The number of nitrogens with one attached hydrogen (secondary N) is 1. The monoisotopic (exact) mass is 283 g/mol. The molecule has 5 heteroatoms. The van der Waals surface area contributed by atoms with E-state index < -0.39 is 0 Å². The number of benzene rings is 1. The van der Waals surface area contributed by atoms with E-state index in [1.807, 2.05) is 19.1 Å². The van der Waals surface area contributed by atoms with Crippen molar-refractivity contribution in [1.82, 2.24) is 9.55 Å². The van der Waals surface area contributed by atoms with Crippen LogP contribution in [0.1, 0.15) is 16.1 Å². The highest BCUT2D eigenvalue weighted by molar-refractivity contribution is 6.06. The maximum Gasteiger partial charge on any atom is 0.273 e. The number of hydrogen-bond acceptors (Lipinski definition) is 2. The predicted octanol–water partition coefficient (Wildman–Crippen LogP) is 3.27. The molecule has 106 valence electrons. The van der Waals surface area contributed by atoms with E-state index in [0.717, 1.165) is 10.9 Å². The Balaban J connectivity index is 1.99. The van der Waals surface area contributed by atoms with Gasteiger partial charge in [0.05, 0.1) is 5.52 Å². The lowest BCUT2D eigenvalue weighted by molar-refractivity contribution is 0.101. The number of pyridine rings is 1. The number of anilines is 1. The number of carbonyl (C=O) groups is 1. The van der Waals surface area contributed by atoms with Crippen LogP contribution >= 0.6 is 0 Å². The maximum atomic E-state index is 13.3. The van der Waals surface area contributed by atoms with Crippen LogP contribution in [0.3, 0.4) is 0 Å². The summed E-state index contributed by atoms with van der Waals surface area (Å²) in [5.74, 6) is -0.0638. The maximum absolute atomic E-state index is 13.3. The van der Waals surface area contributed by atoms with Gasteiger partial charge in [-0.2, -0.15) is 0 Å². The molecule has 1 N–H and O–H groups in total. The lowest BCUT2D eigenvalue weighted by Crippen LogP contribution is -2.17. The van der Waals surface area contributed by atoms with Gasteiger partial charge in [0.1, 0.15) is 17.3 Å². The number of aryl methyl sites for hydroxylation is 2. The van der Waals surface area contributed by atoms with E-state index in [-0.39, 0.29) is 11.7 Å². The molecule has 3 rings (SSSR count). The Bertz CT molecular complexity index is 839. The van der Waals surface area contributed by atoms with Gasteiger partial charge in [-0.15, -0.1) is 0 Å². The summed E-state index contributed by atoms with van der Waals surface area (Å²) in [6.07, 6.45) is 1.62. The third-order valence-electron chi connectivity index (χ3n) is 3.48. The molecular weight excluding hydrogens is 269 g/mol. The van der Waals surface area contributed by atoms with Crippen LogP contribution in [0.5, 0.6) is 0 Å². The second-order valence-corrected chi connectivity index (χ2v) is 4.91. The third kappa shape index (κ3) is 2.38. The molecule has 0 bridgehead atoms. The number of amides is 1. The zero-order valence-corrected chi connectivity index (χ0v) is 11.7. The molecule has 0 saturated heterocycles. The van der Waals surface area contributed by atoms with E-state index in [0.29, 0.717) is 17.0 Å². The van der Waals surface area contributed by atoms with E-state index in [4.69, 9.17) is 0 Å². The first-order chi connectivity index (χ1) is 10.1. The predicted molar refractivity (Wildman–Crippen MR) is 79.8 cm³/mol. The average molecular weight is 283 g/mol. The fraction of sp³-hybridized carbons (Fsp3) is 0.125. The number of hydrogen-bond donors (Lipinski definition) is 1. The number of halogens is 1. The van der Waals surface area contributed by atoms with Gasteiger partial charge in [-0.1, -0.05) is 6.07 Å². The van der Waals surface area contributed by atoms with Crippen LogP contribution < -0.4 is 5.32 Å². The van der Waals surface area contributed by atoms with Crippen molar-refractivity contribution >= 4 is 22.6 Å². The van der Waals surface area contributed by atoms with Gasteiger partial charge in [-0.25, -0.2) is 9.37 Å². The Labute approximate surface area is 121 Å². The third-order valence-corrected chi connectivity index (χ3v) is 3.48. The first kappa shape index (κ1) is 13.3. The zero-order valence-electron chi connectivity index (χ0n) is 11.7. The molecule has 0 aliphatic rings. The molecule has 1 aromatic carbocycles. The van der Waals surface area contributed by atoms with Crippen LogP contribution in [-0.2, 0) is 7.05 Å². The highest BCUT2D eigenvalue weighted by Gasteiger charge is 2.15. The topological polar surface area (TPSA) is 46.9 Å². The van der Waals surface area contributed by atoms with Crippen LogP contribution in [0.25, 0.3) is 10.9 Å². The van der Waals surface area contributed by atoms with Crippen molar-refractivity contribution in [1.29, 1.82) is 0 Å². The number of rotatable bonds is 2. The number of aromatic nitrogens is 2. The van der Waals surface area contributed by atoms with Gasteiger partial charge in [0.25, 0.3) is 5.91 Å². The molecule has 0 unspecified atom stereocenters. The van der Waals surface area contributed by atoms with E-state index in [1.165, 1.54) is 12.1 Å². The molecule has 1 amide bonds. The van der Waals surface area contributed by atoms with Crippen LogP contribution in [-0.4, -0.2) is 15.5 Å². The van der Waals surface area contributed by atoms with Gasteiger partial charge in [0.2, 0.25) is 0 Å². The number of nitrogens with zero attached hydrogens (tertiary/aromatic N) is 2. The van der Waals surface area contributed by atoms with Gasteiger partial charge >= 0.3 is 0 Å². The average Bonchev–Trinajstić information content (AvgIpc) is 2.79. The molecule has 3 aromatic rings. The van der Waals surface area contributed by atoms with Crippen molar-refractivity contribution in [3.8, 4) is 0 Å². The Morgan fingerprint density at radius 3 is 2.86 bits per heavy atom. The van der Waals surface area contributed by atoms with Crippen molar-refractivity contribution in [2.45, 2.75) is 6.92 Å². The molecule has 0 atom stereocenters. The van der Waals surface area contributed by atoms with Crippen molar-refractivity contribution in [2.24, 2.45) is 7.05 Å². The molecule has 21 heavy (non-hydrogen) atoms. The summed E-state index contributed by atoms with van der Waals surface area (Å²) < 4.78 is 15.0. The summed E-state index contributed by atoms with van der Waals surface area (Å²) in [4.78, 5) is 16.5. The van der Waals surface area contributed by atoms with E-state index in [9.17, 15) is 9.18 Å². The molecule has 4 nitrogen and oxygen atoms in total. The van der Waals surface area contributed by atoms with Crippen LogP contribution in [0.4, 0.5) is 10.2 Å². The Hall–Kier alpha value is -2.69. The fourth-order valence-corrected chi connectivity index (χ4v) is 2.31. The molecule has 0 spiro atoms. The van der Waals surface area contributed by atoms with Crippen molar-refractivity contribution in [3.05, 3.63) is 59.7 Å². The molecule has 2 aromatic heterocycles. The summed E-state index contributed by atoms with van der Waals surface area (Å²) in [7, 11) is 1.74. The highest BCUT2D eigenvalue weighted by Crippen LogP contribution is 2.21. The van der Waals surface area contributed by atoms with Crippen LogP contribution in [0.15, 0.2) is 42.6 Å². The second kappa shape index (κ2) is 5.01. The van der Waals surface area contributed by atoms with Gasteiger partial charge < -0.3 is 9.88 Å². The quantitative estimate of drug-likeness (QED) is 0.784. The Morgan fingerprint density at radius 1 is 1.29 bits per heavy atom. The number of carbonyl (C=O) groups excluding carboxylic acids is 1.